The Morgan fingerprint density at radius 1 is 1.32 bits per heavy atom. The number of hydrogen-bond acceptors (Lipinski definition) is 6. The monoisotopic (exact) mass is 391 g/mol. The van der Waals surface area contributed by atoms with E-state index in [1.54, 1.807) is 0 Å². The maximum atomic E-state index is 12.7. The molecule has 28 heavy (non-hydrogen) atoms. The van der Waals surface area contributed by atoms with Crippen molar-refractivity contribution in [2.24, 2.45) is 0 Å². The van der Waals surface area contributed by atoms with Gasteiger partial charge in [0, 0.05) is 18.3 Å². The van der Waals surface area contributed by atoms with Crippen LogP contribution in [0, 0.1) is 0 Å². The number of alkyl halides is 2. The van der Waals surface area contributed by atoms with Gasteiger partial charge >= 0.3 is 6.61 Å². The number of carbonyl (C=O) groups excluding carboxylic acids is 1. The van der Waals surface area contributed by atoms with Gasteiger partial charge in [-0.2, -0.15) is 23.7 Å². The van der Waals surface area contributed by atoms with E-state index in [1.165, 1.54) is 42.7 Å². The summed E-state index contributed by atoms with van der Waals surface area (Å²) in [6.07, 6.45) is 2.78. The van der Waals surface area contributed by atoms with Gasteiger partial charge in [-0.1, -0.05) is 0 Å². The Morgan fingerprint density at radius 3 is 2.68 bits per heavy atom. The molecule has 0 unspecified atom stereocenters. The molecule has 1 aromatic carbocycles. The summed E-state index contributed by atoms with van der Waals surface area (Å²) in [5, 5.41) is 21.8. The molecule has 0 fully saturated rings. The van der Waals surface area contributed by atoms with Gasteiger partial charge in [-0.3, -0.25) is 14.7 Å². The lowest BCUT2D eigenvalue weighted by Crippen LogP contribution is -2.35. The third-order valence-corrected chi connectivity index (χ3v) is 3.66. The van der Waals surface area contributed by atoms with Crippen molar-refractivity contribution in [1.29, 1.82) is 0 Å². The van der Waals surface area contributed by atoms with Gasteiger partial charge in [-0.15, -0.1) is 0 Å². The SMILES string of the molecule is O=C(NCCO)c1cc(-c2ccc(OC(F)F)cc2)nn(-c2cn[nH]c2)c1=O. The van der Waals surface area contributed by atoms with Gasteiger partial charge in [-0.05, 0) is 30.3 Å². The van der Waals surface area contributed by atoms with Crippen molar-refractivity contribution in [3.63, 3.8) is 0 Å². The highest BCUT2D eigenvalue weighted by Gasteiger charge is 2.18. The topological polar surface area (TPSA) is 122 Å². The Labute approximate surface area is 156 Å². The fraction of sp³-hybridized carbons (Fsp3) is 0.176. The number of aliphatic hydroxyl groups excluding tert-OH is 1. The number of aromatic amines is 1. The van der Waals surface area contributed by atoms with Crippen molar-refractivity contribution < 1.29 is 23.4 Å². The van der Waals surface area contributed by atoms with Crippen molar-refractivity contribution in [3.8, 4) is 22.7 Å². The van der Waals surface area contributed by atoms with E-state index in [-0.39, 0.29) is 30.2 Å². The number of halogens is 2. The minimum atomic E-state index is -2.95. The fourth-order valence-electron chi connectivity index (χ4n) is 2.40. The summed E-state index contributed by atoms with van der Waals surface area (Å²) < 4.78 is 29.9. The maximum Gasteiger partial charge on any atom is 0.387 e. The van der Waals surface area contributed by atoms with Crippen LogP contribution in [0.15, 0.2) is 47.5 Å². The van der Waals surface area contributed by atoms with E-state index in [0.717, 1.165) is 4.68 Å². The van der Waals surface area contributed by atoms with Crippen LogP contribution in [0.25, 0.3) is 16.9 Å². The first-order valence-electron chi connectivity index (χ1n) is 8.07. The smallest absolute Gasteiger partial charge is 0.387 e. The summed E-state index contributed by atoms with van der Waals surface area (Å²) in [6, 6.07) is 6.87. The van der Waals surface area contributed by atoms with Crippen LogP contribution in [0.4, 0.5) is 8.78 Å². The summed E-state index contributed by atoms with van der Waals surface area (Å²) in [5.74, 6) is -0.722. The molecule has 0 atom stereocenters. The number of H-pyrrole nitrogens is 1. The molecule has 0 aliphatic heterocycles. The summed E-state index contributed by atoms with van der Waals surface area (Å²) in [5.41, 5.74) is 0.139. The molecule has 0 aliphatic rings. The molecule has 3 N–H and O–H groups in total. The number of nitrogens with zero attached hydrogens (tertiary/aromatic N) is 3. The predicted octanol–water partition coefficient (Wildman–Crippen LogP) is 0.946. The number of rotatable bonds is 7. The second-order valence-electron chi connectivity index (χ2n) is 5.50. The van der Waals surface area contributed by atoms with E-state index in [0.29, 0.717) is 11.3 Å². The van der Waals surface area contributed by atoms with E-state index in [9.17, 15) is 18.4 Å². The quantitative estimate of drug-likeness (QED) is 0.551. The highest BCUT2D eigenvalue weighted by molar-refractivity contribution is 5.94. The van der Waals surface area contributed by atoms with Gasteiger partial charge in [0.15, 0.2) is 0 Å². The molecule has 0 bridgehead atoms. The zero-order valence-electron chi connectivity index (χ0n) is 14.3. The molecule has 0 aliphatic carbocycles. The molecule has 9 nitrogen and oxygen atoms in total. The predicted molar refractivity (Wildman–Crippen MR) is 93.5 cm³/mol. The molecule has 3 aromatic rings. The molecule has 146 valence electrons. The van der Waals surface area contributed by atoms with Crippen LogP contribution in [0.3, 0.4) is 0 Å². The van der Waals surface area contributed by atoms with Crippen molar-refractivity contribution in [2.75, 3.05) is 13.2 Å². The number of amides is 1. The maximum absolute atomic E-state index is 12.7. The molecule has 3 rings (SSSR count). The highest BCUT2D eigenvalue weighted by atomic mass is 19.3. The van der Waals surface area contributed by atoms with Crippen LogP contribution in [-0.4, -0.2) is 50.8 Å². The van der Waals surface area contributed by atoms with Gasteiger partial charge in [0.1, 0.15) is 17.0 Å². The number of aromatic nitrogens is 4. The van der Waals surface area contributed by atoms with Gasteiger partial charge in [0.05, 0.1) is 18.5 Å². The molecule has 0 radical (unpaired) electrons. The number of hydrogen-bond donors (Lipinski definition) is 3. The average Bonchev–Trinajstić information content (AvgIpc) is 3.21. The fourth-order valence-corrected chi connectivity index (χ4v) is 2.40. The number of benzene rings is 1. The number of ether oxygens (including phenoxy) is 1. The van der Waals surface area contributed by atoms with Gasteiger partial charge in [-0.25, -0.2) is 0 Å². The zero-order chi connectivity index (χ0) is 20.1. The number of nitrogens with one attached hydrogen (secondary N) is 2. The zero-order valence-corrected chi connectivity index (χ0v) is 14.3. The molecule has 2 aromatic heterocycles. The highest BCUT2D eigenvalue weighted by Crippen LogP contribution is 2.22. The summed E-state index contributed by atoms with van der Waals surface area (Å²) in [7, 11) is 0. The van der Waals surface area contributed by atoms with Crippen LogP contribution in [0.5, 0.6) is 5.75 Å². The summed E-state index contributed by atoms with van der Waals surface area (Å²) in [4.78, 5) is 25.0. The van der Waals surface area contributed by atoms with E-state index in [4.69, 9.17) is 5.11 Å². The Balaban J connectivity index is 2.06. The summed E-state index contributed by atoms with van der Waals surface area (Å²) in [6.45, 7) is -3.26. The molecule has 0 saturated carbocycles. The minimum Gasteiger partial charge on any atom is -0.435 e. The second-order valence-corrected chi connectivity index (χ2v) is 5.50. The molecular formula is C17H15F2N5O4. The molecule has 1 amide bonds. The van der Waals surface area contributed by atoms with Crippen molar-refractivity contribution in [1.82, 2.24) is 25.3 Å². The van der Waals surface area contributed by atoms with E-state index >= 15 is 0 Å². The second kappa shape index (κ2) is 8.39. The van der Waals surface area contributed by atoms with E-state index in [2.05, 4.69) is 25.3 Å². The first-order chi connectivity index (χ1) is 13.5. The third kappa shape index (κ3) is 4.20. The molecular weight excluding hydrogens is 376 g/mol. The standard InChI is InChI=1S/C17H15F2N5O4/c18-17(19)28-12-3-1-10(2-4-12)14-7-13(15(26)20-5-6-25)16(27)24(23-14)11-8-21-22-9-11/h1-4,7-9,17,25H,5-6H2,(H,20,26)(H,21,22). The van der Waals surface area contributed by atoms with Crippen molar-refractivity contribution >= 4 is 5.91 Å². The first-order valence-corrected chi connectivity index (χ1v) is 8.07. The lowest BCUT2D eigenvalue weighted by atomic mass is 10.1. The minimum absolute atomic E-state index is 0.0265. The van der Waals surface area contributed by atoms with Crippen LogP contribution < -0.4 is 15.6 Å². The molecule has 0 saturated heterocycles. The number of aliphatic hydroxyl groups is 1. The van der Waals surface area contributed by atoms with Crippen LogP contribution >= 0.6 is 0 Å². The van der Waals surface area contributed by atoms with Crippen molar-refractivity contribution in [2.45, 2.75) is 6.61 Å². The Morgan fingerprint density at radius 2 is 2.07 bits per heavy atom. The Kier molecular flexibility index (Phi) is 5.75. The molecule has 0 spiro atoms. The van der Waals surface area contributed by atoms with Gasteiger partial charge < -0.3 is 15.2 Å². The lowest BCUT2D eigenvalue weighted by Gasteiger charge is -2.10. The van der Waals surface area contributed by atoms with Crippen LogP contribution in [0.1, 0.15) is 10.4 Å². The Bertz CT molecular complexity index is 1000. The normalized spacial score (nSPS) is 10.9. The van der Waals surface area contributed by atoms with Gasteiger partial charge in [0.25, 0.3) is 11.5 Å². The summed E-state index contributed by atoms with van der Waals surface area (Å²) >= 11 is 0. The van der Waals surface area contributed by atoms with E-state index < -0.39 is 18.1 Å². The van der Waals surface area contributed by atoms with Gasteiger partial charge in [0.2, 0.25) is 0 Å². The largest absolute Gasteiger partial charge is 0.435 e. The molecule has 11 heteroatoms. The molecule has 2 heterocycles. The van der Waals surface area contributed by atoms with E-state index in [1.807, 2.05) is 0 Å². The van der Waals surface area contributed by atoms with Crippen LogP contribution in [0.2, 0.25) is 0 Å². The number of carbonyl (C=O) groups is 1. The average molecular weight is 391 g/mol. The third-order valence-electron chi connectivity index (χ3n) is 3.66. The van der Waals surface area contributed by atoms with Crippen molar-refractivity contribution in [3.05, 3.63) is 58.6 Å². The Hall–Kier alpha value is -3.60. The van der Waals surface area contributed by atoms with Crippen LogP contribution in [-0.2, 0) is 0 Å². The first kappa shape index (κ1) is 19.2. The lowest BCUT2D eigenvalue weighted by molar-refractivity contribution is -0.0498.